The number of benzene rings is 1. The lowest BCUT2D eigenvalue weighted by Crippen LogP contribution is -2.26. The van der Waals surface area contributed by atoms with Crippen LogP contribution in [0.3, 0.4) is 0 Å². The predicted molar refractivity (Wildman–Crippen MR) is 76.5 cm³/mol. The highest BCUT2D eigenvalue weighted by molar-refractivity contribution is 14.1. The molecule has 0 radical (unpaired) electrons. The number of carboxylic acid groups (broad SMARTS) is 1. The maximum Gasteiger partial charge on any atom is 0.341 e. The average molecular weight is 355 g/mol. The van der Waals surface area contributed by atoms with Crippen molar-refractivity contribution in [2.24, 2.45) is 0 Å². The molecule has 0 saturated carbocycles. The Morgan fingerprint density at radius 3 is 2.61 bits per heavy atom. The van der Waals surface area contributed by atoms with E-state index in [9.17, 15) is 9.59 Å². The van der Waals surface area contributed by atoms with Crippen LogP contribution in [0.1, 0.15) is 16.1 Å². The number of aromatic nitrogens is 1. The van der Waals surface area contributed by atoms with E-state index in [0.717, 1.165) is 3.57 Å². The van der Waals surface area contributed by atoms with Crippen LogP contribution in [-0.2, 0) is 0 Å². The van der Waals surface area contributed by atoms with Gasteiger partial charge >= 0.3 is 5.97 Å². The smallest absolute Gasteiger partial charge is 0.341 e. The molecule has 5 heteroatoms. The summed E-state index contributed by atoms with van der Waals surface area (Å²) in [6, 6.07) is 10.3. The van der Waals surface area contributed by atoms with Crippen LogP contribution in [0.25, 0.3) is 5.69 Å². The summed E-state index contributed by atoms with van der Waals surface area (Å²) in [5.74, 6) is -1.21. The van der Waals surface area contributed by atoms with Crippen molar-refractivity contribution in [3.8, 4) is 5.69 Å². The maximum atomic E-state index is 12.1. The number of pyridine rings is 1. The van der Waals surface area contributed by atoms with Gasteiger partial charge in [0.25, 0.3) is 5.56 Å². The molecule has 0 aliphatic carbocycles. The molecule has 1 aromatic heterocycles. The molecule has 0 amide bonds. The number of halogens is 1. The highest BCUT2D eigenvalue weighted by atomic mass is 127. The number of aromatic carboxylic acids is 1. The quantitative estimate of drug-likeness (QED) is 0.842. The van der Waals surface area contributed by atoms with Gasteiger partial charge in [-0.05, 0) is 59.8 Å². The van der Waals surface area contributed by atoms with Gasteiger partial charge in [0.15, 0.2) is 0 Å². The maximum absolute atomic E-state index is 12.1. The van der Waals surface area contributed by atoms with Crippen LogP contribution in [0, 0.1) is 10.5 Å². The molecule has 92 valence electrons. The minimum absolute atomic E-state index is 0.223. The van der Waals surface area contributed by atoms with Crippen molar-refractivity contribution >= 4 is 28.6 Å². The topological polar surface area (TPSA) is 59.3 Å². The highest BCUT2D eigenvalue weighted by Crippen LogP contribution is 2.13. The van der Waals surface area contributed by atoms with E-state index in [4.69, 9.17) is 5.11 Å². The van der Waals surface area contributed by atoms with Crippen LogP contribution in [0.2, 0.25) is 0 Å². The number of rotatable bonds is 2. The molecule has 0 unspecified atom stereocenters. The van der Waals surface area contributed by atoms with Crippen LogP contribution in [0.5, 0.6) is 0 Å². The van der Waals surface area contributed by atoms with E-state index in [1.165, 1.54) is 10.6 Å². The number of hydrogen-bond donors (Lipinski definition) is 1. The molecule has 0 bridgehead atoms. The third-order valence-electron chi connectivity index (χ3n) is 2.57. The number of carbonyl (C=O) groups is 1. The Balaban J connectivity index is 2.75. The molecule has 1 N–H and O–H groups in total. The molecule has 0 aliphatic heterocycles. The van der Waals surface area contributed by atoms with Crippen LogP contribution in [0.4, 0.5) is 0 Å². The van der Waals surface area contributed by atoms with Gasteiger partial charge in [-0.3, -0.25) is 9.36 Å². The van der Waals surface area contributed by atoms with Crippen molar-refractivity contribution in [1.82, 2.24) is 4.57 Å². The summed E-state index contributed by atoms with van der Waals surface area (Å²) in [5, 5.41) is 8.97. The van der Waals surface area contributed by atoms with Crippen molar-refractivity contribution in [2.75, 3.05) is 0 Å². The van der Waals surface area contributed by atoms with E-state index in [2.05, 4.69) is 22.6 Å². The zero-order valence-electron chi connectivity index (χ0n) is 9.55. The molecular formula is C13H10INO3. The second kappa shape index (κ2) is 4.93. The Kier molecular flexibility index (Phi) is 3.51. The minimum Gasteiger partial charge on any atom is -0.477 e. The van der Waals surface area contributed by atoms with Gasteiger partial charge in [0, 0.05) is 15.0 Å². The lowest BCUT2D eigenvalue weighted by Gasteiger charge is -2.11. The number of aryl methyl sites for hydroxylation is 1. The van der Waals surface area contributed by atoms with Crippen LogP contribution < -0.4 is 5.56 Å². The van der Waals surface area contributed by atoms with Crippen LogP contribution >= 0.6 is 22.6 Å². The van der Waals surface area contributed by atoms with E-state index in [0.29, 0.717) is 11.4 Å². The summed E-state index contributed by atoms with van der Waals surface area (Å²) in [7, 11) is 0. The standard InChI is InChI=1S/C13H10INO3/c1-8-5-6-11(13(17)18)12(16)15(8)10-4-2-3-9(14)7-10/h2-7H,1H3,(H,17,18). The molecule has 1 aromatic carbocycles. The Morgan fingerprint density at radius 2 is 2.00 bits per heavy atom. The van der Waals surface area contributed by atoms with Gasteiger partial charge in [-0.2, -0.15) is 0 Å². The Labute approximate surface area is 117 Å². The van der Waals surface area contributed by atoms with Crippen molar-refractivity contribution in [3.63, 3.8) is 0 Å². The molecule has 1 heterocycles. The molecule has 4 nitrogen and oxygen atoms in total. The van der Waals surface area contributed by atoms with Gasteiger partial charge in [-0.15, -0.1) is 0 Å². The van der Waals surface area contributed by atoms with E-state index in [-0.39, 0.29) is 5.56 Å². The number of carboxylic acids is 1. The van der Waals surface area contributed by atoms with Crippen molar-refractivity contribution < 1.29 is 9.90 Å². The summed E-state index contributed by atoms with van der Waals surface area (Å²) >= 11 is 2.15. The first kappa shape index (κ1) is 12.8. The molecule has 2 rings (SSSR count). The van der Waals surface area contributed by atoms with Gasteiger partial charge in [-0.1, -0.05) is 6.07 Å². The Bertz CT molecular complexity index is 676. The van der Waals surface area contributed by atoms with E-state index in [1.54, 1.807) is 19.1 Å². The summed E-state index contributed by atoms with van der Waals surface area (Å²) in [6.45, 7) is 1.77. The molecule has 0 aliphatic rings. The fraction of sp³-hybridized carbons (Fsp3) is 0.0769. The largest absolute Gasteiger partial charge is 0.477 e. The first-order valence-corrected chi connectivity index (χ1v) is 6.30. The van der Waals surface area contributed by atoms with Gasteiger partial charge in [0.2, 0.25) is 0 Å². The number of hydrogen-bond acceptors (Lipinski definition) is 2. The van der Waals surface area contributed by atoms with E-state index >= 15 is 0 Å². The third-order valence-corrected chi connectivity index (χ3v) is 3.25. The summed E-state index contributed by atoms with van der Waals surface area (Å²) < 4.78 is 2.39. The lowest BCUT2D eigenvalue weighted by atomic mass is 10.2. The Morgan fingerprint density at radius 1 is 1.28 bits per heavy atom. The summed E-state index contributed by atoms with van der Waals surface area (Å²) in [4.78, 5) is 23.1. The fourth-order valence-electron chi connectivity index (χ4n) is 1.73. The van der Waals surface area contributed by atoms with E-state index in [1.807, 2.05) is 18.2 Å². The van der Waals surface area contributed by atoms with Crippen LogP contribution in [0.15, 0.2) is 41.2 Å². The first-order valence-electron chi connectivity index (χ1n) is 5.22. The third kappa shape index (κ3) is 2.31. The van der Waals surface area contributed by atoms with E-state index < -0.39 is 11.5 Å². The number of nitrogens with zero attached hydrogens (tertiary/aromatic N) is 1. The predicted octanol–water partition coefficient (Wildman–Crippen LogP) is 2.45. The summed E-state index contributed by atoms with van der Waals surface area (Å²) in [5.41, 5.74) is 0.642. The molecule has 0 atom stereocenters. The average Bonchev–Trinajstić information content (AvgIpc) is 2.28. The summed E-state index contributed by atoms with van der Waals surface area (Å²) in [6.07, 6.45) is 0. The van der Waals surface area contributed by atoms with Crippen molar-refractivity contribution in [2.45, 2.75) is 6.92 Å². The molecule has 0 fully saturated rings. The highest BCUT2D eigenvalue weighted by Gasteiger charge is 2.13. The SMILES string of the molecule is Cc1ccc(C(=O)O)c(=O)n1-c1cccc(I)c1. The zero-order valence-corrected chi connectivity index (χ0v) is 11.7. The lowest BCUT2D eigenvalue weighted by molar-refractivity contribution is 0.0694. The molecular weight excluding hydrogens is 345 g/mol. The zero-order chi connectivity index (χ0) is 13.3. The second-order valence-electron chi connectivity index (χ2n) is 3.81. The minimum atomic E-state index is -1.21. The van der Waals surface area contributed by atoms with Crippen LogP contribution in [-0.4, -0.2) is 15.6 Å². The van der Waals surface area contributed by atoms with Gasteiger partial charge in [0.1, 0.15) is 5.56 Å². The first-order chi connectivity index (χ1) is 8.50. The fourth-order valence-corrected chi connectivity index (χ4v) is 2.26. The van der Waals surface area contributed by atoms with Gasteiger partial charge in [0.05, 0.1) is 0 Å². The van der Waals surface area contributed by atoms with Crippen molar-refractivity contribution in [3.05, 3.63) is 61.6 Å². The van der Waals surface area contributed by atoms with Gasteiger partial charge < -0.3 is 5.11 Å². The second-order valence-corrected chi connectivity index (χ2v) is 5.06. The molecule has 18 heavy (non-hydrogen) atoms. The molecule has 0 saturated heterocycles. The van der Waals surface area contributed by atoms with Gasteiger partial charge in [-0.25, -0.2) is 4.79 Å². The monoisotopic (exact) mass is 355 g/mol. The van der Waals surface area contributed by atoms with Crippen molar-refractivity contribution in [1.29, 1.82) is 0 Å². The molecule has 2 aromatic rings. The Hall–Kier alpha value is -1.63. The molecule has 0 spiro atoms. The normalized spacial score (nSPS) is 10.3.